The molecule has 0 fully saturated rings. The monoisotopic (exact) mass is 704 g/mol. The maximum absolute atomic E-state index is 2.43. The fourth-order valence-corrected chi connectivity index (χ4v) is 10.3. The van der Waals surface area contributed by atoms with E-state index >= 15 is 0 Å². The summed E-state index contributed by atoms with van der Waals surface area (Å²) in [7, 11) is 0. The molecule has 0 saturated carbocycles. The Balaban J connectivity index is 0.990. The SMILES string of the molecule is c1ccc(-c2ccccc2-c2ccc3c(c2)-c2ccc4c5ccc6c7c(ccc(c8ccc-3c2c84)c75)-c2cc(-c3ccccc3-c3ccccc3)ccc2-6)cc1. The summed E-state index contributed by atoms with van der Waals surface area (Å²) < 4.78 is 0. The molecule has 2 aliphatic carbocycles. The number of fused-ring (bicyclic) bond motifs is 8. The summed E-state index contributed by atoms with van der Waals surface area (Å²) in [6.07, 6.45) is 0. The fourth-order valence-electron chi connectivity index (χ4n) is 10.3. The molecule has 0 heteroatoms. The van der Waals surface area contributed by atoms with Crippen LogP contribution in [0.4, 0.5) is 0 Å². The van der Waals surface area contributed by atoms with Crippen LogP contribution >= 0.6 is 0 Å². The quantitative estimate of drug-likeness (QED) is 0.126. The molecule has 11 aromatic rings. The lowest BCUT2D eigenvalue weighted by atomic mass is 9.86. The second kappa shape index (κ2) is 11.1. The van der Waals surface area contributed by atoms with Gasteiger partial charge in [-0.2, -0.15) is 0 Å². The van der Waals surface area contributed by atoms with Gasteiger partial charge >= 0.3 is 0 Å². The second-order valence-electron chi connectivity index (χ2n) is 15.5. The lowest BCUT2D eigenvalue weighted by Gasteiger charge is -2.16. The van der Waals surface area contributed by atoms with Crippen LogP contribution in [-0.4, -0.2) is 0 Å². The van der Waals surface area contributed by atoms with E-state index in [4.69, 9.17) is 0 Å². The van der Waals surface area contributed by atoms with Gasteiger partial charge in [-0.15, -0.1) is 0 Å². The van der Waals surface area contributed by atoms with Crippen molar-refractivity contribution in [2.24, 2.45) is 0 Å². The van der Waals surface area contributed by atoms with Gasteiger partial charge in [-0.3, -0.25) is 0 Å². The molecule has 0 spiro atoms. The van der Waals surface area contributed by atoms with Crippen LogP contribution < -0.4 is 0 Å². The van der Waals surface area contributed by atoms with E-state index in [1.807, 2.05) is 0 Å². The third-order valence-electron chi connectivity index (χ3n) is 12.7. The zero-order valence-corrected chi connectivity index (χ0v) is 30.5. The normalized spacial score (nSPS) is 12.3. The van der Waals surface area contributed by atoms with Gasteiger partial charge < -0.3 is 0 Å². The molecular formula is C56H32. The van der Waals surface area contributed by atoms with E-state index in [1.165, 1.54) is 132 Å². The van der Waals surface area contributed by atoms with Crippen LogP contribution in [0.25, 0.3) is 132 Å². The molecule has 0 nitrogen and oxygen atoms in total. The van der Waals surface area contributed by atoms with Gasteiger partial charge in [0.1, 0.15) is 0 Å². The van der Waals surface area contributed by atoms with Crippen LogP contribution in [-0.2, 0) is 0 Å². The highest BCUT2D eigenvalue weighted by atomic mass is 14.3. The van der Waals surface area contributed by atoms with Gasteiger partial charge in [0.15, 0.2) is 0 Å². The number of benzene rings is 11. The third-order valence-corrected chi connectivity index (χ3v) is 12.7. The Labute approximate surface area is 324 Å². The Morgan fingerprint density at radius 3 is 0.839 bits per heavy atom. The molecule has 0 heterocycles. The molecule has 0 aliphatic heterocycles. The lowest BCUT2D eigenvalue weighted by Crippen LogP contribution is -1.88. The summed E-state index contributed by atoms with van der Waals surface area (Å²) in [5.41, 5.74) is 20.7. The fraction of sp³-hybridized carbons (Fsp3) is 0. The van der Waals surface area contributed by atoms with Gasteiger partial charge in [0, 0.05) is 0 Å². The molecule has 0 unspecified atom stereocenters. The van der Waals surface area contributed by atoms with E-state index in [9.17, 15) is 0 Å². The zero-order valence-electron chi connectivity index (χ0n) is 30.5. The Morgan fingerprint density at radius 1 is 0.161 bits per heavy atom. The number of hydrogen-bond donors (Lipinski definition) is 0. The molecule has 11 aromatic carbocycles. The summed E-state index contributed by atoms with van der Waals surface area (Å²) in [5.74, 6) is 0. The molecule has 0 N–H and O–H groups in total. The maximum atomic E-state index is 2.43. The second-order valence-corrected chi connectivity index (χ2v) is 15.5. The highest BCUT2D eigenvalue weighted by Gasteiger charge is 2.29. The molecule has 0 amide bonds. The summed E-state index contributed by atoms with van der Waals surface area (Å²) in [5, 5.41) is 10.9. The molecule has 56 heavy (non-hydrogen) atoms. The first-order valence-corrected chi connectivity index (χ1v) is 19.6. The van der Waals surface area contributed by atoms with Gasteiger partial charge in [-0.25, -0.2) is 0 Å². The molecule has 0 saturated heterocycles. The molecule has 0 radical (unpaired) electrons. The molecule has 13 rings (SSSR count). The average molecular weight is 705 g/mol. The number of rotatable bonds is 4. The lowest BCUT2D eigenvalue weighted by molar-refractivity contribution is 1.58. The Hall–Kier alpha value is -7.28. The van der Waals surface area contributed by atoms with Crippen LogP contribution in [0.5, 0.6) is 0 Å². The van der Waals surface area contributed by atoms with Gasteiger partial charge in [0.25, 0.3) is 0 Å². The maximum Gasteiger partial charge on any atom is -0.00139 e. The molecular weight excluding hydrogens is 673 g/mol. The first-order chi connectivity index (χ1) is 27.8. The molecule has 0 bridgehead atoms. The molecule has 0 aromatic heterocycles. The summed E-state index contributed by atoms with van der Waals surface area (Å²) >= 11 is 0. The average Bonchev–Trinajstić information content (AvgIpc) is 3.78. The summed E-state index contributed by atoms with van der Waals surface area (Å²) in [6.45, 7) is 0. The largest absolute Gasteiger partial charge is 0.0622 e. The van der Waals surface area contributed by atoms with Crippen molar-refractivity contribution in [2.75, 3.05) is 0 Å². The van der Waals surface area contributed by atoms with Crippen molar-refractivity contribution in [2.45, 2.75) is 0 Å². The van der Waals surface area contributed by atoms with Gasteiger partial charge in [0.2, 0.25) is 0 Å². The van der Waals surface area contributed by atoms with E-state index in [0.717, 1.165) is 0 Å². The highest BCUT2D eigenvalue weighted by Crippen LogP contribution is 2.56. The molecule has 2 aliphatic rings. The summed E-state index contributed by atoms with van der Waals surface area (Å²) in [6, 6.07) is 72.4. The third kappa shape index (κ3) is 3.98. The smallest absolute Gasteiger partial charge is 0.00139 e. The van der Waals surface area contributed by atoms with Crippen molar-refractivity contribution in [3.8, 4) is 89.0 Å². The van der Waals surface area contributed by atoms with Crippen molar-refractivity contribution in [1.82, 2.24) is 0 Å². The minimum absolute atomic E-state index is 1.24. The Kier molecular flexibility index (Phi) is 5.98. The van der Waals surface area contributed by atoms with Crippen molar-refractivity contribution >= 4 is 43.1 Å². The van der Waals surface area contributed by atoms with E-state index < -0.39 is 0 Å². The highest BCUT2D eigenvalue weighted by molar-refractivity contribution is 6.40. The minimum atomic E-state index is 1.24. The summed E-state index contributed by atoms with van der Waals surface area (Å²) in [4.78, 5) is 0. The first-order valence-electron chi connectivity index (χ1n) is 19.6. The Morgan fingerprint density at radius 2 is 0.464 bits per heavy atom. The first kappa shape index (κ1) is 30.1. The van der Waals surface area contributed by atoms with Gasteiger partial charge in [-0.05, 0) is 144 Å². The van der Waals surface area contributed by atoms with E-state index in [1.54, 1.807) is 0 Å². The van der Waals surface area contributed by atoms with Crippen LogP contribution in [0.15, 0.2) is 194 Å². The predicted octanol–water partition coefficient (Wildman–Crippen LogP) is 15.7. The Bertz CT molecular complexity index is 3190. The van der Waals surface area contributed by atoms with E-state index in [-0.39, 0.29) is 0 Å². The van der Waals surface area contributed by atoms with Gasteiger partial charge in [0.05, 0.1) is 0 Å². The van der Waals surface area contributed by atoms with Crippen LogP contribution in [0, 0.1) is 0 Å². The number of hydrogen-bond acceptors (Lipinski definition) is 0. The molecule has 0 atom stereocenters. The van der Waals surface area contributed by atoms with E-state index in [0.29, 0.717) is 0 Å². The van der Waals surface area contributed by atoms with Gasteiger partial charge in [-0.1, -0.05) is 182 Å². The minimum Gasteiger partial charge on any atom is -0.0622 e. The van der Waals surface area contributed by atoms with Crippen molar-refractivity contribution < 1.29 is 0 Å². The van der Waals surface area contributed by atoms with Crippen LogP contribution in [0.2, 0.25) is 0 Å². The van der Waals surface area contributed by atoms with E-state index in [2.05, 4.69) is 194 Å². The van der Waals surface area contributed by atoms with Crippen molar-refractivity contribution in [3.05, 3.63) is 194 Å². The standard InChI is InChI=1S/C56H32/c1-3-11-33(12-4-1)37-15-7-9-17-39(37)35-19-21-41-43-23-25-45-48-28-30-50-52-32-36(40-18-10-8-16-38(40)34-13-5-2-6-14-34)20-22-42(52)44-24-26-46(56(48)54(44)50)47-27-29-49(51(41)31-35)53(43)55(45)47/h1-32H. The van der Waals surface area contributed by atoms with Crippen LogP contribution in [0.1, 0.15) is 0 Å². The molecule has 256 valence electrons. The van der Waals surface area contributed by atoms with Crippen molar-refractivity contribution in [3.63, 3.8) is 0 Å². The zero-order chi connectivity index (χ0) is 36.5. The van der Waals surface area contributed by atoms with Crippen molar-refractivity contribution in [1.29, 1.82) is 0 Å². The predicted molar refractivity (Wildman–Crippen MR) is 238 cm³/mol. The van der Waals surface area contributed by atoms with Crippen LogP contribution in [0.3, 0.4) is 0 Å². The topological polar surface area (TPSA) is 0 Å².